The molecule has 3 N–H and O–H groups in total. The van der Waals surface area contributed by atoms with Crippen LogP contribution in [0.1, 0.15) is 0 Å². The van der Waals surface area contributed by atoms with Crippen LogP contribution in [0.25, 0.3) is 10.9 Å². The van der Waals surface area contributed by atoms with Crippen molar-refractivity contribution in [2.45, 2.75) is 0 Å². The predicted octanol–water partition coefficient (Wildman–Crippen LogP) is 2.95. The zero-order valence-electron chi connectivity index (χ0n) is 15.5. The van der Waals surface area contributed by atoms with Gasteiger partial charge in [0, 0.05) is 24.9 Å². The first-order valence-electron chi connectivity index (χ1n) is 8.39. The van der Waals surface area contributed by atoms with Crippen LogP contribution >= 0.6 is 0 Å². The Kier molecular flexibility index (Phi) is 6.07. The van der Waals surface area contributed by atoms with Crippen LogP contribution in [0.4, 0.5) is 10.5 Å². The molecule has 28 heavy (non-hydrogen) atoms. The van der Waals surface area contributed by atoms with Crippen LogP contribution < -0.4 is 25.3 Å². The van der Waals surface area contributed by atoms with Gasteiger partial charge in [-0.3, -0.25) is 0 Å². The summed E-state index contributed by atoms with van der Waals surface area (Å²) in [5.74, 6) is 1.88. The van der Waals surface area contributed by atoms with Gasteiger partial charge in [-0.1, -0.05) is 6.07 Å². The number of nitrogens with zero attached hydrogens (tertiary/aromatic N) is 2. The lowest BCUT2D eigenvalue weighted by molar-refractivity contribution is 0.144. The Bertz CT molecular complexity index is 980. The Hall–Kier alpha value is -3.59. The largest absolute Gasteiger partial charge is 0.493 e. The van der Waals surface area contributed by atoms with E-state index in [0.717, 1.165) is 0 Å². The van der Waals surface area contributed by atoms with Gasteiger partial charge < -0.3 is 30.0 Å². The third-order valence-corrected chi connectivity index (χ3v) is 3.75. The fourth-order valence-electron chi connectivity index (χ4n) is 2.52. The number of ether oxygens (including phenoxy) is 4. The summed E-state index contributed by atoms with van der Waals surface area (Å²) < 4.78 is 22.0. The quantitative estimate of drug-likeness (QED) is 0.573. The van der Waals surface area contributed by atoms with Crippen LogP contribution in [0.15, 0.2) is 42.7 Å². The fourth-order valence-corrected chi connectivity index (χ4v) is 2.52. The van der Waals surface area contributed by atoms with Gasteiger partial charge in [0.15, 0.2) is 11.5 Å². The van der Waals surface area contributed by atoms with E-state index in [4.69, 9.17) is 24.7 Å². The first-order chi connectivity index (χ1) is 13.6. The number of aromatic nitrogens is 2. The minimum absolute atomic E-state index is 0.336. The van der Waals surface area contributed by atoms with Gasteiger partial charge in [0.1, 0.15) is 18.7 Å². The minimum Gasteiger partial charge on any atom is -0.493 e. The number of carbonyl (C=O) groups excluding carboxylic acids is 1. The molecule has 1 aromatic heterocycles. The average Bonchev–Trinajstić information content (AvgIpc) is 2.67. The molecule has 0 unspecified atom stereocenters. The molecule has 3 rings (SSSR count). The summed E-state index contributed by atoms with van der Waals surface area (Å²) in [4.78, 5) is 19.5. The third-order valence-electron chi connectivity index (χ3n) is 3.75. The molecule has 0 aliphatic rings. The molecule has 9 nitrogen and oxygen atoms in total. The van der Waals surface area contributed by atoms with Crippen molar-refractivity contribution in [3.8, 4) is 23.1 Å². The highest BCUT2D eigenvalue weighted by atomic mass is 16.5. The lowest BCUT2D eigenvalue weighted by Crippen LogP contribution is -2.19. The zero-order valence-corrected chi connectivity index (χ0v) is 15.5. The van der Waals surface area contributed by atoms with Gasteiger partial charge in [-0.2, -0.15) is 0 Å². The molecule has 146 valence electrons. The van der Waals surface area contributed by atoms with Gasteiger partial charge in [0.2, 0.25) is 5.88 Å². The van der Waals surface area contributed by atoms with Gasteiger partial charge in [-0.25, -0.2) is 14.8 Å². The Morgan fingerprint density at radius 1 is 1.11 bits per heavy atom. The van der Waals surface area contributed by atoms with Crippen molar-refractivity contribution in [2.24, 2.45) is 5.73 Å². The van der Waals surface area contributed by atoms with Crippen LogP contribution in [0.3, 0.4) is 0 Å². The molecule has 0 fully saturated rings. The number of anilines is 1. The second kappa shape index (κ2) is 8.87. The Labute approximate surface area is 161 Å². The number of fused-ring (bicyclic) bond motifs is 1. The minimum atomic E-state index is -0.657. The maximum absolute atomic E-state index is 11.0. The van der Waals surface area contributed by atoms with Gasteiger partial charge in [0.25, 0.3) is 0 Å². The van der Waals surface area contributed by atoms with Crippen LogP contribution in [0, 0.1) is 0 Å². The maximum atomic E-state index is 11.0. The number of methoxy groups -OCH3 is 2. The Morgan fingerprint density at radius 3 is 2.71 bits per heavy atom. The molecule has 0 bridgehead atoms. The summed E-state index contributed by atoms with van der Waals surface area (Å²) >= 11 is 0. The smallest absolute Gasteiger partial charge is 0.316 e. The molecule has 0 saturated carbocycles. The van der Waals surface area contributed by atoms with Crippen LogP contribution in [0.5, 0.6) is 23.1 Å². The molecule has 9 heteroatoms. The molecule has 3 aromatic rings. The summed E-state index contributed by atoms with van der Waals surface area (Å²) in [6.07, 6.45) is 1.40. The lowest BCUT2D eigenvalue weighted by Gasteiger charge is -2.13. The fraction of sp³-hybridized carbons (Fsp3) is 0.211. The number of primary amides is 1. The van der Waals surface area contributed by atoms with Crippen LogP contribution in [-0.4, -0.2) is 43.4 Å². The zero-order chi connectivity index (χ0) is 19.9. The van der Waals surface area contributed by atoms with E-state index < -0.39 is 6.03 Å². The number of nitrogens with two attached hydrogens (primary N) is 1. The second-order valence-corrected chi connectivity index (χ2v) is 5.66. The number of carbonyl (C=O) groups is 1. The van der Waals surface area contributed by atoms with Crippen molar-refractivity contribution in [3.63, 3.8) is 0 Å². The van der Waals surface area contributed by atoms with Crippen molar-refractivity contribution in [1.29, 1.82) is 0 Å². The van der Waals surface area contributed by atoms with E-state index in [1.807, 2.05) is 0 Å². The molecule has 2 amide bonds. The second-order valence-electron chi connectivity index (χ2n) is 5.66. The maximum Gasteiger partial charge on any atom is 0.316 e. The standard InChI is InChI=1S/C19H20N4O5/c1-25-6-7-27-17-10-15-14(9-16(17)26-2)18(22-11-21-15)28-13-5-3-4-12(8-13)23-19(20)24/h3-5,8-11H,6-7H2,1-2H3,(H3,20,23,24). The summed E-state index contributed by atoms with van der Waals surface area (Å²) in [5, 5.41) is 3.14. The number of benzene rings is 2. The first kappa shape index (κ1) is 19.2. The van der Waals surface area contributed by atoms with Crippen molar-refractivity contribution >= 4 is 22.6 Å². The topological polar surface area (TPSA) is 118 Å². The highest BCUT2D eigenvalue weighted by Crippen LogP contribution is 2.36. The number of rotatable bonds is 8. The highest BCUT2D eigenvalue weighted by molar-refractivity contribution is 5.88. The van der Waals surface area contributed by atoms with Crippen LogP contribution in [-0.2, 0) is 4.74 Å². The number of urea groups is 1. The molecule has 0 spiro atoms. The van der Waals surface area contributed by atoms with Crippen molar-refractivity contribution in [3.05, 3.63) is 42.7 Å². The average molecular weight is 384 g/mol. The molecular formula is C19H20N4O5. The monoisotopic (exact) mass is 384 g/mol. The van der Waals surface area contributed by atoms with E-state index in [-0.39, 0.29) is 0 Å². The first-order valence-corrected chi connectivity index (χ1v) is 8.39. The molecule has 0 aliphatic carbocycles. The molecule has 2 aromatic carbocycles. The molecule has 0 atom stereocenters. The number of hydrogen-bond acceptors (Lipinski definition) is 7. The Morgan fingerprint density at radius 2 is 1.96 bits per heavy atom. The SMILES string of the molecule is COCCOc1cc2ncnc(Oc3cccc(NC(N)=O)c3)c2cc1OC. The van der Waals surface area contributed by atoms with Crippen molar-refractivity contribution < 1.29 is 23.7 Å². The number of amides is 2. The molecule has 0 saturated heterocycles. The van der Waals surface area contributed by atoms with E-state index in [9.17, 15) is 4.79 Å². The van der Waals surface area contributed by atoms with Gasteiger partial charge >= 0.3 is 6.03 Å². The summed E-state index contributed by atoms with van der Waals surface area (Å²) in [7, 11) is 3.15. The molecule has 0 radical (unpaired) electrons. The van der Waals surface area contributed by atoms with Crippen LogP contribution in [0.2, 0.25) is 0 Å². The van der Waals surface area contributed by atoms with Gasteiger partial charge in [0.05, 0.1) is 24.6 Å². The summed E-state index contributed by atoms with van der Waals surface area (Å²) in [5.41, 5.74) is 6.28. The van der Waals surface area contributed by atoms with E-state index in [1.54, 1.807) is 50.6 Å². The summed E-state index contributed by atoms with van der Waals surface area (Å²) in [6.45, 7) is 0.835. The third kappa shape index (κ3) is 4.57. The highest BCUT2D eigenvalue weighted by Gasteiger charge is 2.13. The Balaban J connectivity index is 1.92. The van der Waals surface area contributed by atoms with Gasteiger partial charge in [-0.05, 0) is 18.2 Å². The molecule has 1 heterocycles. The summed E-state index contributed by atoms with van der Waals surface area (Å²) in [6, 6.07) is 9.64. The van der Waals surface area contributed by atoms with E-state index in [2.05, 4.69) is 15.3 Å². The van der Waals surface area contributed by atoms with Crippen molar-refractivity contribution in [1.82, 2.24) is 9.97 Å². The van der Waals surface area contributed by atoms with Crippen molar-refractivity contribution in [2.75, 3.05) is 32.8 Å². The van der Waals surface area contributed by atoms with E-state index >= 15 is 0 Å². The number of nitrogens with one attached hydrogen (secondary N) is 1. The normalized spacial score (nSPS) is 10.5. The van der Waals surface area contributed by atoms with E-state index in [1.165, 1.54) is 6.33 Å². The lowest BCUT2D eigenvalue weighted by atomic mass is 10.2. The molecular weight excluding hydrogens is 364 g/mol. The van der Waals surface area contributed by atoms with Gasteiger partial charge in [-0.15, -0.1) is 0 Å². The number of hydrogen-bond donors (Lipinski definition) is 2. The molecule has 0 aliphatic heterocycles. The van der Waals surface area contributed by atoms with E-state index in [0.29, 0.717) is 52.9 Å². The predicted molar refractivity (Wildman–Crippen MR) is 103 cm³/mol.